The largest absolute Gasteiger partial charge is 0.365 e. The zero-order valence-corrected chi connectivity index (χ0v) is 20.1. The summed E-state index contributed by atoms with van der Waals surface area (Å²) in [4.78, 5) is 28.6. The molecule has 0 aromatic heterocycles. The van der Waals surface area contributed by atoms with E-state index in [1.807, 2.05) is 6.07 Å². The van der Waals surface area contributed by atoms with Crippen LogP contribution in [-0.2, 0) is 26.0 Å². The molecule has 1 N–H and O–H groups in total. The summed E-state index contributed by atoms with van der Waals surface area (Å²) >= 11 is 0. The van der Waals surface area contributed by atoms with Crippen LogP contribution in [0, 0.1) is 6.92 Å². The van der Waals surface area contributed by atoms with Crippen molar-refractivity contribution in [3.8, 4) is 0 Å². The van der Waals surface area contributed by atoms with Crippen LogP contribution in [0.4, 0.5) is 11.4 Å². The second-order valence-electron chi connectivity index (χ2n) is 8.85. The van der Waals surface area contributed by atoms with Crippen LogP contribution in [0.5, 0.6) is 0 Å². The van der Waals surface area contributed by atoms with E-state index in [9.17, 15) is 18.0 Å². The lowest BCUT2D eigenvalue weighted by atomic mass is 10.0. The Morgan fingerprint density at radius 3 is 2.67 bits per heavy atom. The first-order valence-corrected chi connectivity index (χ1v) is 12.6. The van der Waals surface area contributed by atoms with Gasteiger partial charge in [0.05, 0.1) is 11.4 Å². The van der Waals surface area contributed by atoms with E-state index in [-0.39, 0.29) is 29.3 Å². The molecule has 176 valence electrons. The third-order valence-electron chi connectivity index (χ3n) is 6.35. The van der Waals surface area contributed by atoms with Crippen LogP contribution in [0.3, 0.4) is 0 Å². The van der Waals surface area contributed by atoms with Gasteiger partial charge in [0.1, 0.15) is 0 Å². The van der Waals surface area contributed by atoms with Crippen LogP contribution in [0.1, 0.15) is 24.5 Å². The van der Waals surface area contributed by atoms with Gasteiger partial charge in [0.2, 0.25) is 21.8 Å². The molecule has 8 nitrogen and oxygen atoms in total. The number of carbonyl (C=O) groups is 2. The van der Waals surface area contributed by atoms with Crippen LogP contribution in [-0.4, -0.2) is 68.7 Å². The molecule has 0 spiro atoms. The number of likely N-dealkylation sites (N-methyl/N-ethyl adjacent to an activating group) is 1. The summed E-state index contributed by atoms with van der Waals surface area (Å²) < 4.78 is 27.3. The van der Waals surface area contributed by atoms with E-state index in [0.717, 1.165) is 15.6 Å². The van der Waals surface area contributed by atoms with Crippen molar-refractivity contribution >= 4 is 33.2 Å². The molecule has 9 heteroatoms. The lowest BCUT2D eigenvalue weighted by Crippen LogP contribution is -2.55. The van der Waals surface area contributed by atoms with Crippen LogP contribution in [0.15, 0.2) is 47.4 Å². The molecule has 0 radical (unpaired) electrons. The van der Waals surface area contributed by atoms with Crippen molar-refractivity contribution in [3.63, 3.8) is 0 Å². The molecule has 1 saturated heterocycles. The lowest BCUT2D eigenvalue weighted by molar-refractivity contribution is -0.132. The first kappa shape index (κ1) is 23.3. The molecule has 2 aliphatic heterocycles. The minimum absolute atomic E-state index is 0.0717. The molecule has 2 aliphatic rings. The average molecular weight is 471 g/mol. The average Bonchev–Trinajstić information content (AvgIpc) is 2.78. The highest BCUT2D eigenvalue weighted by Gasteiger charge is 2.30. The fourth-order valence-corrected chi connectivity index (χ4v) is 5.62. The zero-order chi connectivity index (χ0) is 23.8. The molecular formula is C24H30N4O4S. The Kier molecular flexibility index (Phi) is 6.45. The van der Waals surface area contributed by atoms with Crippen molar-refractivity contribution in [2.24, 2.45) is 0 Å². The van der Waals surface area contributed by atoms with Gasteiger partial charge in [-0.15, -0.1) is 0 Å². The molecular weight excluding hydrogens is 440 g/mol. The van der Waals surface area contributed by atoms with Crippen LogP contribution in [0.2, 0.25) is 0 Å². The molecule has 0 bridgehead atoms. The van der Waals surface area contributed by atoms with Crippen molar-refractivity contribution in [1.29, 1.82) is 0 Å². The van der Waals surface area contributed by atoms with Crippen molar-refractivity contribution in [2.75, 3.05) is 43.4 Å². The Morgan fingerprint density at radius 2 is 1.94 bits per heavy atom. The summed E-state index contributed by atoms with van der Waals surface area (Å²) in [7, 11) is -2.40. The molecule has 2 aromatic rings. The van der Waals surface area contributed by atoms with Gasteiger partial charge in [-0.2, -0.15) is 4.31 Å². The number of anilines is 2. The van der Waals surface area contributed by atoms with Crippen LogP contribution >= 0.6 is 0 Å². The summed E-state index contributed by atoms with van der Waals surface area (Å²) in [6.45, 7) is 5.70. The molecule has 4 rings (SSSR count). The minimum Gasteiger partial charge on any atom is -0.365 e. The number of sulfonamides is 1. The fraction of sp³-hybridized carbons (Fsp3) is 0.417. The van der Waals surface area contributed by atoms with Gasteiger partial charge in [0.15, 0.2) is 0 Å². The number of carbonyl (C=O) groups excluding carboxylic acids is 2. The first-order chi connectivity index (χ1) is 15.6. The molecule has 2 amide bonds. The highest BCUT2D eigenvalue weighted by atomic mass is 32.2. The number of aryl methyl sites for hydroxylation is 2. The van der Waals surface area contributed by atoms with Crippen LogP contribution in [0.25, 0.3) is 0 Å². The Hall–Kier alpha value is -2.91. The highest BCUT2D eigenvalue weighted by molar-refractivity contribution is 7.89. The monoisotopic (exact) mass is 470 g/mol. The summed E-state index contributed by atoms with van der Waals surface area (Å²) in [5.74, 6) is -0.278. The Morgan fingerprint density at radius 1 is 1.15 bits per heavy atom. The van der Waals surface area contributed by atoms with Crippen molar-refractivity contribution in [3.05, 3.63) is 53.6 Å². The number of hydrogen-bond donors (Lipinski definition) is 1. The summed E-state index contributed by atoms with van der Waals surface area (Å²) in [6.07, 6.45) is 0.827. The SMILES string of the molecule is Cc1cccc(N2CCN(C(=O)CN(C)S(=O)(=O)c3ccc4c(c3)CCC(=O)N4)C[C@H]2C)c1. The standard InChI is InChI=1S/C24H30N4O4S/c1-17-5-4-6-20(13-17)28-12-11-27(15-18(28)2)24(30)16-26(3)33(31,32)21-8-9-22-19(14-21)7-10-23(29)25-22/h4-6,8-9,13-14,18H,7,10-12,15-16H2,1-3H3,(H,25,29)/t18-/m1/s1. The quantitative estimate of drug-likeness (QED) is 0.724. The maximum atomic E-state index is 13.1. The number of piperazine rings is 1. The smallest absolute Gasteiger partial charge is 0.243 e. The van der Waals surface area contributed by atoms with E-state index in [1.165, 1.54) is 18.7 Å². The molecule has 0 aliphatic carbocycles. The van der Waals surface area contributed by atoms with E-state index < -0.39 is 10.0 Å². The van der Waals surface area contributed by atoms with Crippen molar-refractivity contribution in [2.45, 2.75) is 37.6 Å². The van der Waals surface area contributed by atoms with Crippen molar-refractivity contribution in [1.82, 2.24) is 9.21 Å². The van der Waals surface area contributed by atoms with Crippen LogP contribution < -0.4 is 10.2 Å². The molecule has 0 unspecified atom stereocenters. The van der Waals surface area contributed by atoms with Gasteiger partial charge >= 0.3 is 0 Å². The number of hydrogen-bond acceptors (Lipinski definition) is 5. The van der Waals surface area contributed by atoms with Gasteiger partial charge in [-0.25, -0.2) is 8.42 Å². The first-order valence-electron chi connectivity index (χ1n) is 11.2. The summed E-state index contributed by atoms with van der Waals surface area (Å²) in [5, 5.41) is 2.75. The topological polar surface area (TPSA) is 90.0 Å². The van der Waals surface area contributed by atoms with Gasteiger partial charge in [0, 0.05) is 50.5 Å². The predicted octanol–water partition coefficient (Wildman–Crippen LogP) is 2.24. The normalized spacial score (nSPS) is 18.8. The Bertz CT molecular complexity index is 1180. The van der Waals surface area contributed by atoms with Gasteiger partial charge < -0.3 is 15.1 Å². The summed E-state index contributed by atoms with van der Waals surface area (Å²) in [6, 6.07) is 13.1. The van der Waals surface area contributed by atoms with Crippen molar-refractivity contribution < 1.29 is 18.0 Å². The second-order valence-corrected chi connectivity index (χ2v) is 10.9. The number of rotatable bonds is 5. The number of fused-ring (bicyclic) bond motifs is 1. The number of amides is 2. The summed E-state index contributed by atoms with van der Waals surface area (Å²) in [5.41, 5.74) is 3.76. The second kappa shape index (κ2) is 9.15. The highest BCUT2D eigenvalue weighted by Crippen LogP contribution is 2.27. The van der Waals surface area contributed by atoms with E-state index in [2.05, 4.69) is 42.3 Å². The van der Waals surface area contributed by atoms with Gasteiger partial charge in [-0.05, 0) is 61.7 Å². The third-order valence-corrected chi connectivity index (χ3v) is 8.15. The predicted molar refractivity (Wildman–Crippen MR) is 128 cm³/mol. The van der Waals surface area contributed by atoms with Gasteiger partial charge in [-0.3, -0.25) is 9.59 Å². The molecule has 1 fully saturated rings. The number of nitrogens with one attached hydrogen (secondary N) is 1. The zero-order valence-electron chi connectivity index (χ0n) is 19.2. The van der Waals surface area contributed by atoms with E-state index in [0.29, 0.717) is 38.2 Å². The van der Waals surface area contributed by atoms with E-state index in [1.54, 1.807) is 17.0 Å². The van der Waals surface area contributed by atoms with E-state index in [4.69, 9.17) is 0 Å². The lowest BCUT2D eigenvalue weighted by Gasteiger charge is -2.41. The third kappa shape index (κ3) is 4.89. The van der Waals surface area contributed by atoms with E-state index >= 15 is 0 Å². The maximum Gasteiger partial charge on any atom is 0.243 e. The van der Waals surface area contributed by atoms with Gasteiger partial charge in [-0.1, -0.05) is 12.1 Å². The molecule has 0 saturated carbocycles. The number of nitrogens with zero attached hydrogens (tertiary/aromatic N) is 3. The molecule has 1 atom stereocenters. The molecule has 2 aromatic carbocycles. The number of benzene rings is 2. The molecule has 2 heterocycles. The maximum absolute atomic E-state index is 13.1. The Labute approximate surface area is 195 Å². The van der Waals surface area contributed by atoms with Gasteiger partial charge in [0.25, 0.3) is 0 Å². The molecule has 33 heavy (non-hydrogen) atoms. The Balaban J connectivity index is 1.41. The minimum atomic E-state index is -3.83. The fourth-order valence-electron chi connectivity index (χ4n) is 4.45.